The number of ether oxygens (including phenoxy) is 4. The predicted octanol–water partition coefficient (Wildman–Crippen LogP) is 13.7. The molecule has 82 heavy (non-hydrogen) atoms. The van der Waals surface area contributed by atoms with Crippen molar-refractivity contribution in [1.29, 1.82) is 0 Å². The number of nitrogens with two attached hydrogens (primary N) is 1. The molecular formula is C55H58Cl2N14O9S2. The summed E-state index contributed by atoms with van der Waals surface area (Å²) in [5, 5.41) is 16.8. The number of fused-ring (bicyclic) bond motifs is 2. The number of amides is 3. The Morgan fingerprint density at radius 1 is 0.573 bits per heavy atom. The average molecular weight is 1190 g/mol. The maximum Gasteiger partial charge on any atom is 0.435 e. The smallest absolute Gasteiger partial charge is 0.435 e. The van der Waals surface area contributed by atoms with E-state index >= 15 is 0 Å². The molecule has 0 aliphatic heterocycles. The lowest BCUT2D eigenvalue weighted by Crippen LogP contribution is -2.34. The molecule has 0 saturated carbocycles. The van der Waals surface area contributed by atoms with Crippen LogP contribution in [0, 0.1) is 0 Å². The molecule has 0 fully saturated rings. The fourth-order valence-electron chi connectivity index (χ4n) is 7.59. The number of rotatable bonds is 8. The Morgan fingerprint density at radius 2 is 1.01 bits per heavy atom. The Bertz CT molecular complexity index is 3900. The van der Waals surface area contributed by atoms with Crippen LogP contribution in [-0.2, 0) is 26.0 Å². The molecule has 0 aliphatic rings. The molecule has 23 nitrogen and oxygen atoms in total. The number of hydrogen-bond donors (Lipinski definition) is 2. The van der Waals surface area contributed by atoms with Crippen LogP contribution in [0.4, 0.5) is 52.2 Å². The van der Waals surface area contributed by atoms with Crippen LogP contribution in [0.15, 0.2) is 97.5 Å². The van der Waals surface area contributed by atoms with E-state index in [4.69, 9.17) is 47.9 Å². The Labute approximate surface area is 489 Å². The average Bonchev–Trinajstić information content (AvgIpc) is 4.39. The summed E-state index contributed by atoms with van der Waals surface area (Å²) in [5.74, 6) is 0.390. The van der Waals surface area contributed by atoms with Gasteiger partial charge in [-0.25, -0.2) is 29.0 Å². The van der Waals surface area contributed by atoms with E-state index in [0.717, 1.165) is 32.4 Å². The SMILES string of the molecule is CC(C)(C)OC(=O)N(c1nc(-c2cccc(N)c2)ns1)c1ccc2c(cnn2C(=O)OC(C)(C)C)c1Cl.Cn1nccc1C(=O)Nc1cccc(-c2nsc(N(C(=O)OC(C)(C)C)c3ccc4c(cnn4C(=O)OC(C)(C)C)c3Cl)n2)c1. The van der Waals surface area contributed by atoms with Crippen molar-refractivity contribution in [2.45, 2.75) is 105 Å². The van der Waals surface area contributed by atoms with Crippen molar-refractivity contribution in [3.05, 3.63) is 113 Å². The first kappa shape index (κ1) is 59.6. The number of anilines is 6. The van der Waals surface area contributed by atoms with E-state index in [0.29, 0.717) is 67.3 Å². The van der Waals surface area contributed by atoms with Crippen molar-refractivity contribution in [3.8, 4) is 22.8 Å². The summed E-state index contributed by atoms with van der Waals surface area (Å²) in [6.07, 6.45) is 1.67. The van der Waals surface area contributed by atoms with Gasteiger partial charge in [-0.05, 0) is 138 Å². The molecule has 9 aromatic rings. The monoisotopic (exact) mass is 1190 g/mol. The lowest BCUT2D eigenvalue weighted by molar-refractivity contribution is 0.0511. The van der Waals surface area contributed by atoms with Crippen molar-refractivity contribution in [1.82, 2.24) is 48.1 Å². The van der Waals surface area contributed by atoms with Crippen LogP contribution in [0.2, 0.25) is 10.0 Å². The normalized spacial score (nSPS) is 11.9. The summed E-state index contributed by atoms with van der Waals surface area (Å²) in [6, 6.07) is 22.2. The number of benzene rings is 4. The highest BCUT2D eigenvalue weighted by Crippen LogP contribution is 2.42. The maximum atomic E-state index is 13.6. The van der Waals surface area contributed by atoms with Crippen LogP contribution in [-0.4, -0.2) is 101 Å². The summed E-state index contributed by atoms with van der Waals surface area (Å²) in [5.41, 5.74) is 7.00. The fourth-order valence-corrected chi connectivity index (χ4v) is 9.56. The number of halogens is 2. The number of carbonyl (C=O) groups excluding carboxylic acids is 5. The number of hydrogen-bond acceptors (Lipinski definition) is 19. The molecule has 0 bridgehead atoms. The molecule has 0 atom stereocenters. The molecule has 0 aliphatic carbocycles. The van der Waals surface area contributed by atoms with Crippen LogP contribution in [0.5, 0.6) is 0 Å². The molecule has 5 heterocycles. The van der Waals surface area contributed by atoms with Gasteiger partial charge in [0.2, 0.25) is 10.3 Å². The van der Waals surface area contributed by atoms with Gasteiger partial charge in [0.15, 0.2) is 11.6 Å². The van der Waals surface area contributed by atoms with Gasteiger partial charge in [0.05, 0.1) is 44.8 Å². The number of nitrogen functional groups attached to an aromatic ring is 1. The zero-order valence-corrected chi connectivity index (χ0v) is 50.1. The quantitative estimate of drug-likeness (QED) is 0.106. The molecule has 9 rings (SSSR count). The molecule has 0 spiro atoms. The molecule has 0 saturated heterocycles. The molecule has 3 amide bonds. The third-order valence-electron chi connectivity index (χ3n) is 10.9. The standard InChI is InChI=1S/C30H31ClN8O5S.C25H27ClN6O4S/c1-29(2,3)43-27(41)38(21-12-11-20-19(23(21)31)16-33-39(20)28(42)44-30(4,5)6)26-35-24(36-45-26)17-9-8-10-18(15-17)34-25(40)22-13-14-32-37(22)7;1-24(2,3)35-22(33)31(21-29-20(30-37-21)14-8-7-9-15(27)12-14)18-11-10-17-16(19(18)26)13-28-32(17)23(34)36-25(4,5)6/h8-16H,1-7H3,(H,34,40);7-13H,27H2,1-6H3. The van der Waals surface area contributed by atoms with E-state index in [1.54, 1.807) is 169 Å². The Kier molecular flexibility index (Phi) is 16.8. The van der Waals surface area contributed by atoms with Crippen molar-refractivity contribution < 1.29 is 42.9 Å². The van der Waals surface area contributed by atoms with Gasteiger partial charge in [-0.1, -0.05) is 47.5 Å². The lowest BCUT2D eigenvalue weighted by Gasteiger charge is -2.26. The third-order valence-corrected chi connectivity index (χ3v) is 13.1. The molecule has 0 radical (unpaired) electrons. The number of nitrogens with zero attached hydrogens (tertiary/aromatic N) is 12. The lowest BCUT2D eigenvalue weighted by atomic mass is 10.2. The second-order valence-electron chi connectivity index (χ2n) is 22.2. The topological polar surface area (TPSA) is 272 Å². The van der Waals surface area contributed by atoms with Gasteiger partial charge in [-0.15, -0.1) is 0 Å². The molecule has 0 unspecified atom stereocenters. The van der Waals surface area contributed by atoms with E-state index in [9.17, 15) is 24.0 Å². The first-order chi connectivity index (χ1) is 38.3. The van der Waals surface area contributed by atoms with Gasteiger partial charge in [0, 0.05) is 69.6 Å². The van der Waals surface area contributed by atoms with Gasteiger partial charge in [-0.3, -0.25) is 9.48 Å². The second kappa shape index (κ2) is 23.1. The number of nitrogens with one attached hydrogen (secondary N) is 1. The summed E-state index contributed by atoms with van der Waals surface area (Å²) in [4.78, 5) is 76.8. The summed E-state index contributed by atoms with van der Waals surface area (Å²) in [7, 11) is 1.68. The zero-order valence-electron chi connectivity index (χ0n) is 46.9. The van der Waals surface area contributed by atoms with Gasteiger partial charge >= 0.3 is 24.4 Å². The Balaban J connectivity index is 0.000000219. The second-order valence-corrected chi connectivity index (χ2v) is 24.4. The van der Waals surface area contributed by atoms with Gasteiger partial charge in [-0.2, -0.15) is 43.4 Å². The van der Waals surface area contributed by atoms with E-state index < -0.39 is 46.8 Å². The minimum absolute atomic E-state index is 0.143. The molecular weight excluding hydrogens is 1140 g/mol. The van der Waals surface area contributed by atoms with Crippen LogP contribution < -0.4 is 20.9 Å². The van der Waals surface area contributed by atoms with Crippen LogP contribution >= 0.6 is 46.3 Å². The summed E-state index contributed by atoms with van der Waals surface area (Å²) >= 11 is 15.6. The third kappa shape index (κ3) is 14.0. The van der Waals surface area contributed by atoms with Gasteiger partial charge in [0.1, 0.15) is 28.1 Å². The van der Waals surface area contributed by atoms with E-state index in [-0.39, 0.29) is 31.9 Å². The first-order valence-electron chi connectivity index (χ1n) is 25.1. The van der Waals surface area contributed by atoms with E-state index in [2.05, 4.69) is 39.3 Å². The molecule has 3 N–H and O–H groups in total. The number of carbonyl (C=O) groups is 5. The first-order valence-corrected chi connectivity index (χ1v) is 27.4. The summed E-state index contributed by atoms with van der Waals surface area (Å²) < 4.78 is 34.9. The highest BCUT2D eigenvalue weighted by Gasteiger charge is 2.34. The van der Waals surface area contributed by atoms with Crippen molar-refractivity contribution >= 4 is 131 Å². The maximum absolute atomic E-state index is 13.6. The van der Waals surface area contributed by atoms with Crippen LogP contribution in [0.1, 0.15) is 93.6 Å². The van der Waals surface area contributed by atoms with E-state index in [1.807, 2.05) is 6.07 Å². The fraction of sp³-hybridized carbons (Fsp3) is 0.309. The minimum atomic E-state index is -0.832. The largest absolute Gasteiger partial charge is 0.443 e. The zero-order chi connectivity index (χ0) is 59.8. The van der Waals surface area contributed by atoms with Gasteiger partial charge < -0.3 is 30.0 Å². The molecule has 4 aromatic carbocycles. The number of aryl methyl sites for hydroxylation is 1. The Morgan fingerprint density at radius 3 is 1.43 bits per heavy atom. The van der Waals surface area contributed by atoms with Crippen LogP contribution in [0.3, 0.4) is 0 Å². The van der Waals surface area contributed by atoms with Crippen molar-refractivity contribution in [2.24, 2.45) is 7.05 Å². The minimum Gasteiger partial charge on any atom is -0.443 e. The van der Waals surface area contributed by atoms with E-state index in [1.165, 1.54) is 26.9 Å². The molecule has 428 valence electrons. The van der Waals surface area contributed by atoms with Crippen molar-refractivity contribution in [2.75, 3.05) is 20.9 Å². The molecule has 5 aromatic heterocycles. The van der Waals surface area contributed by atoms with Crippen molar-refractivity contribution in [3.63, 3.8) is 0 Å². The van der Waals surface area contributed by atoms with Crippen LogP contribution in [0.25, 0.3) is 44.6 Å². The highest BCUT2D eigenvalue weighted by atomic mass is 35.5. The molecule has 27 heteroatoms. The van der Waals surface area contributed by atoms with Gasteiger partial charge in [0.25, 0.3) is 5.91 Å². The number of aromatic nitrogens is 10. The predicted molar refractivity (Wildman–Crippen MR) is 316 cm³/mol. The Hall–Kier alpha value is -8.52. The summed E-state index contributed by atoms with van der Waals surface area (Å²) in [6.45, 7) is 21.1. The highest BCUT2D eigenvalue weighted by molar-refractivity contribution is 7.10.